The molecular weight excluding hydrogens is 206 g/mol. The van der Waals surface area contributed by atoms with E-state index in [9.17, 15) is 0 Å². The van der Waals surface area contributed by atoms with Gasteiger partial charge in [0.1, 0.15) is 0 Å². The van der Waals surface area contributed by atoms with Crippen LogP contribution in [0.5, 0.6) is 0 Å². The van der Waals surface area contributed by atoms with Crippen LogP contribution >= 0.6 is 0 Å². The maximum absolute atomic E-state index is 5.42. The first-order valence-corrected chi connectivity index (χ1v) is 5.73. The van der Waals surface area contributed by atoms with E-state index in [0.717, 1.165) is 6.61 Å². The summed E-state index contributed by atoms with van der Waals surface area (Å²) in [4.78, 5) is 0. The third kappa shape index (κ3) is 4.28. The Kier molecular flexibility index (Phi) is 5.42. The average molecular weight is 227 g/mol. The molecule has 0 saturated heterocycles. The van der Waals surface area contributed by atoms with Gasteiger partial charge in [-0.15, -0.1) is 10.2 Å². The fraction of sp³-hybridized carbons (Fsp3) is 0.818. The van der Waals surface area contributed by atoms with E-state index in [1.807, 2.05) is 6.92 Å². The highest BCUT2D eigenvalue weighted by molar-refractivity contribution is 4.80. The van der Waals surface area contributed by atoms with E-state index in [-0.39, 0.29) is 0 Å². The summed E-state index contributed by atoms with van der Waals surface area (Å²) in [5, 5.41) is 11.1. The van der Waals surface area contributed by atoms with Gasteiger partial charge in [-0.3, -0.25) is 0 Å². The molecule has 0 saturated carbocycles. The van der Waals surface area contributed by atoms with Gasteiger partial charge < -0.3 is 14.5 Å². The second-order valence-electron chi connectivity index (χ2n) is 4.11. The van der Waals surface area contributed by atoms with Gasteiger partial charge in [0.25, 0.3) is 0 Å². The van der Waals surface area contributed by atoms with Crippen molar-refractivity contribution in [1.29, 1.82) is 0 Å². The van der Waals surface area contributed by atoms with Crippen LogP contribution in [-0.2, 0) is 11.3 Å². The molecule has 92 valence electrons. The van der Waals surface area contributed by atoms with Gasteiger partial charge in [0.05, 0.1) is 13.2 Å². The minimum atomic E-state index is 0.312. The summed E-state index contributed by atoms with van der Waals surface area (Å²) in [7, 11) is 0. The van der Waals surface area contributed by atoms with Crippen molar-refractivity contribution >= 4 is 0 Å². The van der Waals surface area contributed by atoms with Crippen molar-refractivity contribution in [2.45, 2.75) is 40.3 Å². The molecule has 0 amide bonds. The summed E-state index contributed by atoms with van der Waals surface area (Å²) in [6.45, 7) is 10.2. The van der Waals surface area contributed by atoms with Gasteiger partial charge in [-0.25, -0.2) is 0 Å². The summed E-state index contributed by atoms with van der Waals surface area (Å²) in [6, 6.07) is 0.312. The summed E-state index contributed by atoms with van der Waals surface area (Å²) in [6.07, 6.45) is 0. The molecule has 1 aromatic heterocycles. The Morgan fingerprint density at radius 2 is 2.12 bits per heavy atom. The molecule has 0 aliphatic heterocycles. The van der Waals surface area contributed by atoms with Crippen LogP contribution in [0.25, 0.3) is 0 Å². The Labute approximate surface area is 96.6 Å². The largest absolute Gasteiger partial charge is 0.424 e. The quantitative estimate of drug-likeness (QED) is 0.765. The molecule has 1 N–H and O–H groups in total. The third-order valence-corrected chi connectivity index (χ3v) is 2.39. The highest BCUT2D eigenvalue weighted by Gasteiger charge is 2.14. The van der Waals surface area contributed by atoms with E-state index in [2.05, 4.69) is 29.4 Å². The SMILES string of the molecule is CCOCC(NCc1nnc(C)o1)C(C)C. The lowest BCUT2D eigenvalue weighted by Crippen LogP contribution is -2.37. The van der Waals surface area contributed by atoms with E-state index in [1.165, 1.54) is 0 Å². The molecule has 1 unspecified atom stereocenters. The standard InChI is InChI=1S/C11H21N3O2/c1-5-15-7-10(8(2)3)12-6-11-14-13-9(4)16-11/h8,10,12H,5-7H2,1-4H3. The van der Waals surface area contributed by atoms with Crippen molar-refractivity contribution in [2.24, 2.45) is 5.92 Å². The fourth-order valence-electron chi connectivity index (χ4n) is 1.36. The molecule has 1 aromatic rings. The van der Waals surface area contributed by atoms with E-state index >= 15 is 0 Å². The number of nitrogens with zero attached hydrogens (tertiary/aromatic N) is 2. The summed E-state index contributed by atoms with van der Waals surface area (Å²) >= 11 is 0. The van der Waals surface area contributed by atoms with E-state index in [4.69, 9.17) is 9.15 Å². The topological polar surface area (TPSA) is 60.2 Å². The van der Waals surface area contributed by atoms with Crippen LogP contribution in [0.1, 0.15) is 32.6 Å². The van der Waals surface area contributed by atoms with E-state index < -0.39 is 0 Å². The van der Waals surface area contributed by atoms with Crippen LogP contribution in [0, 0.1) is 12.8 Å². The normalized spacial score (nSPS) is 13.3. The van der Waals surface area contributed by atoms with Gasteiger partial charge in [-0.2, -0.15) is 0 Å². The number of nitrogens with one attached hydrogen (secondary N) is 1. The minimum Gasteiger partial charge on any atom is -0.424 e. The lowest BCUT2D eigenvalue weighted by Gasteiger charge is -2.21. The Balaban J connectivity index is 2.37. The summed E-state index contributed by atoms with van der Waals surface area (Å²) in [5.74, 6) is 1.73. The summed E-state index contributed by atoms with van der Waals surface area (Å²) < 4.78 is 10.7. The average Bonchev–Trinajstić information content (AvgIpc) is 2.64. The van der Waals surface area contributed by atoms with Crippen LogP contribution in [0.4, 0.5) is 0 Å². The lowest BCUT2D eigenvalue weighted by molar-refractivity contribution is 0.107. The molecule has 0 aliphatic rings. The highest BCUT2D eigenvalue weighted by atomic mass is 16.5. The van der Waals surface area contributed by atoms with Crippen molar-refractivity contribution in [2.75, 3.05) is 13.2 Å². The molecule has 0 radical (unpaired) electrons. The number of hydrogen-bond acceptors (Lipinski definition) is 5. The molecule has 5 heteroatoms. The zero-order valence-corrected chi connectivity index (χ0v) is 10.5. The molecule has 1 atom stereocenters. The van der Waals surface area contributed by atoms with Crippen molar-refractivity contribution < 1.29 is 9.15 Å². The van der Waals surface area contributed by atoms with Crippen molar-refractivity contribution in [3.63, 3.8) is 0 Å². The zero-order valence-electron chi connectivity index (χ0n) is 10.5. The molecule has 0 fully saturated rings. The van der Waals surface area contributed by atoms with Crippen molar-refractivity contribution in [1.82, 2.24) is 15.5 Å². The molecular formula is C11H21N3O2. The molecule has 5 nitrogen and oxygen atoms in total. The Morgan fingerprint density at radius 3 is 2.62 bits per heavy atom. The number of aromatic nitrogens is 2. The Bertz CT molecular complexity index is 299. The first-order chi connectivity index (χ1) is 7.63. The molecule has 0 spiro atoms. The maximum atomic E-state index is 5.42. The lowest BCUT2D eigenvalue weighted by atomic mass is 10.1. The highest BCUT2D eigenvalue weighted by Crippen LogP contribution is 2.04. The maximum Gasteiger partial charge on any atom is 0.230 e. The van der Waals surface area contributed by atoms with Crippen LogP contribution < -0.4 is 5.32 Å². The van der Waals surface area contributed by atoms with Crippen LogP contribution in [0.2, 0.25) is 0 Å². The number of rotatable bonds is 7. The van der Waals surface area contributed by atoms with E-state index in [1.54, 1.807) is 6.92 Å². The van der Waals surface area contributed by atoms with Gasteiger partial charge in [0.15, 0.2) is 0 Å². The van der Waals surface area contributed by atoms with Crippen LogP contribution in [0.15, 0.2) is 4.42 Å². The second kappa shape index (κ2) is 6.60. The zero-order chi connectivity index (χ0) is 12.0. The fourth-order valence-corrected chi connectivity index (χ4v) is 1.36. The van der Waals surface area contributed by atoms with Gasteiger partial charge in [0.2, 0.25) is 11.8 Å². The summed E-state index contributed by atoms with van der Waals surface area (Å²) in [5.41, 5.74) is 0. The Morgan fingerprint density at radius 1 is 1.38 bits per heavy atom. The molecule has 16 heavy (non-hydrogen) atoms. The Hall–Kier alpha value is -0.940. The number of aryl methyl sites for hydroxylation is 1. The van der Waals surface area contributed by atoms with Gasteiger partial charge in [-0.05, 0) is 12.8 Å². The molecule has 0 bridgehead atoms. The smallest absolute Gasteiger partial charge is 0.230 e. The molecule has 1 heterocycles. The third-order valence-electron chi connectivity index (χ3n) is 2.39. The second-order valence-corrected chi connectivity index (χ2v) is 4.11. The first kappa shape index (κ1) is 13.1. The van der Waals surface area contributed by atoms with Gasteiger partial charge in [0, 0.05) is 19.6 Å². The van der Waals surface area contributed by atoms with Crippen LogP contribution in [0.3, 0.4) is 0 Å². The predicted octanol–water partition coefficient (Wildman–Crippen LogP) is 1.53. The molecule has 1 rings (SSSR count). The molecule has 0 aliphatic carbocycles. The molecule has 0 aromatic carbocycles. The minimum absolute atomic E-state index is 0.312. The number of ether oxygens (including phenoxy) is 1. The number of hydrogen-bond donors (Lipinski definition) is 1. The van der Waals surface area contributed by atoms with Crippen molar-refractivity contribution in [3.8, 4) is 0 Å². The van der Waals surface area contributed by atoms with Crippen molar-refractivity contribution in [3.05, 3.63) is 11.8 Å². The van der Waals surface area contributed by atoms with Gasteiger partial charge in [-0.1, -0.05) is 13.8 Å². The van der Waals surface area contributed by atoms with E-state index in [0.29, 0.717) is 36.9 Å². The van der Waals surface area contributed by atoms with Gasteiger partial charge >= 0.3 is 0 Å². The first-order valence-electron chi connectivity index (χ1n) is 5.73. The predicted molar refractivity (Wildman–Crippen MR) is 61.0 cm³/mol. The monoisotopic (exact) mass is 227 g/mol. The van der Waals surface area contributed by atoms with Crippen LogP contribution in [-0.4, -0.2) is 29.5 Å².